The maximum atomic E-state index is 12.9. The van der Waals surface area contributed by atoms with E-state index >= 15 is 0 Å². The zero-order chi connectivity index (χ0) is 21.2. The molecule has 1 heterocycles. The van der Waals surface area contributed by atoms with Gasteiger partial charge in [-0.1, -0.05) is 49.4 Å². The van der Waals surface area contributed by atoms with Crippen LogP contribution in [0.1, 0.15) is 55.9 Å². The molecule has 0 aliphatic carbocycles. The average molecular weight is 393 g/mol. The van der Waals surface area contributed by atoms with Crippen LogP contribution in [0.25, 0.3) is 11.1 Å². The molecule has 1 N–H and O–H groups in total. The molecule has 6 nitrogen and oxygen atoms in total. The SMILES string of the molecule is CCCc1nn(C(C)(C)C)c(=O)n1Cc1ccc(-c2ccccc2C(=O)O)cc1. The van der Waals surface area contributed by atoms with E-state index in [0.29, 0.717) is 12.1 Å². The number of rotatable bonds is 6. The summed E-state index contributed by atoms with van der Waals surface area (Å²) in [5, 5.41) is 14.0. The Bertz CT molecular complexity index is 1070. The van der Waals surface area contributed by atoms with Crippen molar-refractivity contribution in [1.82, 2.24) is 14.3 Å². The molecule has 29 heavy (non-hydrogen) atoms. The summed E-state index contributed by atoms with van der Waals surface area (Å²) in [6, 6.07) is 14.6. The second-order valence-corrected chi connectivity index (χ2v) is 8.17. The molecule has 0 amide bonds. The van der Waals surface area contributed by atoms with E-state index in [1.165, 1.54) is 0 Å². The summed E-state index contributed by atoms with van der Waals surface area (Å²) in [4.78, 5) is 24.4. The zero-order valence-corrected chi connectivity index (χ0v) is 17.3. The first-order valence-electron chi connectivity index (χ1n) is 9.83. The van der Waals surface area contributed by atoms with Crippen LogP contribution < -0.4 is 5.69 Å². The second-order valence-electron chi connectivity index (χ2n) is 8.17. The van der Waals surface area contributed by atoms with Gasteiger partial charge >= 0.3 is 11.7 Å². The highest BCUT2D eigenvalue weighted by Crippen LogP contribution is 2.24. The number of carboxylic acids is 1. The van der Waals surface area contributed by atoms with Crippen LogP contribution in [0.3, 0.4) is 0 Å². The number of nitrogens with zero attached hydrogens (tertiary/aromatic N) is 3. The third kappa shape index (κ3) is 4.31. The predicted octanol–water partition coefficient (Wildman–Crippen LogP) is 4.17. The van der Waals surface area contributed by atoms with Crippen molar-refractivity contribution in [2.75, 3.05) is 0 Å². The number of carboxylic acid groups (broad SMARTS) is 1. The quantitative estimate of drug-likeness (QED) is 0.682. The molecule has 6 heteroatoms. The Labute approximate surface area is 170 Å². The smallest absolute Gasteiger partial charge is 0.346 e. The van der Waals surface area contributed by atoms with Crippen molar-refractivity contribution in [3.63, 3.8) is 0 Å². The van der Waals surface area contributed by atoms with Crippen LogP contribution in [0.4, 0.5) is 0 Å². The minimum atomic E-state index is -0.949. The summed E-state index contributed by atoms with van der Waals surface area (Å²) in [7, 11) is 0. The molecular weight excluding hydrogens is 366 g/mol. The molecule has 3 aromatic rings. The predicted molar refractivity (Wildman–Crippen MR) is 113 cm³/mol. The van der Waals surface area contributed by atoms with Crippen LogP contribution in [0.5, 0.6) is 0 Å². The largest absolute Gasteiger partial charge is 0.478 e. The third-order valence-electron chi connectivity index (χ3n) is 4.81. The molecule has 2 aromatic carbocycles. The van der Waals surface area contributed by atoms with E-state index in [4.69, 9.17) is 0 Å². The minimum Gasteiger partial charge on any atom is -0.478 e. The van der Waals surface area contributed by atoms with Crippen LogP contribution in [0.15, 0.2) is 53.3 Å². The van der Waals surface area contributed by atoms with Crippen molar-refractivity contribution in [3.05, 3.63) is 76.0 Å². The summed E-state index contributed by atoms with van der Waals surface area (Å²) in [5.41, 5.74) is 2.26. The Kier molecular flexibility index (Phi) is 5.73. The normalized spacial score (nSPS) is 11.6. The van der Waals surface area contributed by atoms with Gasteiger partial charge in [-0.05, 0) is 49.9 Å². The molecule has 0 unspecified atom stereocenters. The Hall–Kier alpha value is -3.15. The van der Waals surface area contributed by atoms with Gasteiger partial charge in [0.15, 0.2) is 0 Å². The Balaban J connectivity index is 1.94. The van der Waals surface area contributed by atoms with Crippen LogP contribution in [-0.4, -0.2) is 25.4 Å². The first-order valence-corrected chi connectivity index (χ1v) is 9.83. The van der Waals surface area contributed by atoms with Crippen molar-refractivity contribution in [1.29, 1.82) is 0 Å². The molecule has 0 aliphatic heterocycles. The second kappa shape index (κ2) is 8.07. The zero-order valence-electron chi connectivity index (χ0n) is 17.3. The highest BCUT2D eigenvalue weighted by atomic mass is 16.4. The highest BCUT2D eigenvalue weighted by Gasteiger charge is 2.22. The van der Waals surface area contributed by atoms with Crippen LogP contribution in [-0.2, 0) is 18.5 Å². The van der Waals surface area contributed by atoms with Gasteiger partial charge in [0.05, 0.1) is 17.6 Å². The minimum absolute atomic E-state index is 0.110. The van der Waals surface area contributed by atoms with Crippen molar-refractivity contribution < 1.29 is 9.90 Å². The van der Waals surface area contributed by atoms with Gasteiger partial charge in [-0.15, -0.1) is 0 Å². The lowest BCUT2D eigenvalue weighted by molar-refractivity contribution is 0.0697. The molecular formula is C23H27N3O3. The summed E-state index contributed by atoms with van der Waals surface area (Å²) in [5.74, 6) is -0.164. The fourth-order valence-electron chi connectivity index (χ4n) is 3.33. The summed E-state index contributed by atoms with van der Waals surface area (Å²) in [6.45, 7) is 8.41. The van der Waals surface area contributed by atoms with Crippen LogP contribution >= 0.6 is 0 Å². The monoisotopic (exact) mass is 393 g/mol. The maximum Gasteiger partial charge on any atom is 0.346 e. The lowest BCUT2D eigenvalue weighted by Crippen LogP contribution is -2.36. The molecule has 0 bridgehead atoms. The molecule has 0 spiro atoms. The van der Waals surface area contributed by atoms with Gasteiger partial charge in [-0.2, -0.15) is 5.10 Å². The molecule has 0 saturated heterocycles. The average Bonchev–Trinajstić information content (AvgIpc) is 2.99. The topological polar surface area (TPSA) is 77.1 Å². The first-order chi connectivity index (χ1) is 13.7. The van der Waals surface area contributed by atoms with Gasteiger partial charge in [-0.25, -0.2) is 14.3 Å². The van der Waals surface area contributed by atoms with Crippen molar-refractivity contribution in [2.24, 2.45) is 0 Å². The van der Waals surface area contributed by atoms with Crippen molar-refractivity contribution in [2.45, 2.75) is 52.6 Å². The van der Waals surface area contributed by atoms with Gasteiger partial charge in [0.2, 0.25) is 0 Å². The molecule has 0 radical (unpaired) electrons. The molecule has 0 atom stereocenters. The first kappa shape index (κ1) is 20.6. The number of hydrogen-bond acceptors (Lipinski definition) is 3. The number of aryl methyl sites for hydroxylation is 1. The standard InChI is InChI=1S/C23H27N3O3/c1-5-8-20-24-26(23(2,3)4)22(29)25(20)15-16-11-13-17(14-12-16)18-9-6-7-10-19(18)21(27)28/h6-7,9-14H,5,8,15H2,1-4H3,(H,27,28). The molecule has 0 fully saturated rings. The summed E-state index contributed by atoms with van der Waals surface area (Å²) < 4.78 is 3.28. The van der Waals surface area contributed by atoms with Crippen LogP contribution in [0.2, 0.25) is 0 Å². The summed E-state index contributed by atoms with van der Waals surface area (Å²) in [6.07, 6.45) is 1.65. The van der Waals surface area contributed by atoms with Gasteiger partial charge in [0.25, 0.3) is 0 Å². The van der Waals surface area contributed by atoms with Gasteiger partial charge < -0.3 is 5.11 Å². The molecule has 3 rings (SSSR count). The van der Waals surface area contributed by atoms with E-state index < -0.39 is 5.97 Å². The molecule has 0 aliphatic rings. The summed E-state index contributed by atoms with van der Waals surface area (Å²) >= 11 is 0. The highest BCUT2D eigenvalue weighted by molar-refractivity contribution is 5.95. The third-order valence-corrected chi connectivity index (χ3v) is 4.81. The fourth-order valence-corrected chi connectivity index (χ4v) is 3.33. The van der Waals surface area contributed by atoms with E-state index in [-0.39, 0.29) is 16.8 Å². The van der Waals surface area contributed by atoms with E-state index in [1.54, 1.807) is 27.4 Å². The van der Waals surface area contributed by atoms with E-state index in [2.05, 4.69) is 12.0 Å². The maximum absolute atomic E-state index is 12.9. The number of hydrogen-bond donors (Lipinski definition) is 1. The molecule has 0 saturated carbocycles. The van der Waals surface area contributed by atoms with Crippen molar-refractivity contribution >= 4 is 5.97 Å². The number of aromatic carboxylic acids is 1. The molecule has 152 valence electrons. The van der Waals surface area contributed by atoms with Gasteiger partial charge in [0, 0.05) is 6.42 Å². The molecule has 1 aromatic heterocycles. The van der Waals surface area contributed by atoms with E-state index in [9.17, 15) is 14.7 Å². The number of carbonyl (C=O) groups is 1. The Morgan fingerprint density at radius 3 is 2.31 bits per heavy atom. The van der Waals surface area contributed by atoms with Gasteiger partial charge in [-0.3, -0.25) is 4.57 Å². The number of benzene rings is 2. The Morgan fingerprint density at radius 2 is 1.72 bits per heavy atom. The van der Waals surface area contributed by atoms with Crippen molar-refractivity contribution in [3.8, 4) is 11.1 Å². The lowest BCUT2D eigenvalue weighted by atomic mass is 9.99. The number of aromatic nitrogens is 3. The van der Waals surface area contributed by atoms with E-state index in [1.807, 2.05) is 51.1 Å². The van der Waals surface area contributed by atoms with E-state index in [0.717, 1.165) is 29.8 Å². The Morgan fingerprint density at radius 1 is 1.07 bits per heavy atom. The lowest BCUT2D eigenvalue weighted by Gasteiger charge is -2.16. The van der Waals surface area contributed by atoms with Gasteiger partial charge in [0.1, 0.15) is 5.82 Å². The van der Waals surface area contributed by atoms with Crippen LogP contribution in [0, 0.1) is 0 Å². The fraction of sp³-hybridized carbons (Fsp3) is 0.348.